The van der Waals surface area contributed by atoms with Crippen molar-refractivity contribution in [1.82, 2.24) is 34.6 Å². The third kappa shape index (κ3) is 3.54. The first-order valence-electron chi connectivity index (χ1n) is 9.05. The molecule has 0 radical (unpaired) electrons. The molecular formula is C20H22N8. The number of fused-ring (bicyclic) bond motifs is 1. The second kappa shape index (κ2) is 7.69. The molecule has 0 aliphatic carbocycles. The van der Waals surface area contributed by atoms with Gasteiger partial charge in [-0.2, -0.15) is 5.10 Å². The fourth-order valence-electron chi connectivity index (χ4n) is 3.10. The van der Waals surface area contributed by atoms with Crippen LogP contribution in [0.3, 0.4) is 0 Å². The molecule has 0 spiro atoms. The summed E-state index contributed by atoms with van der Waals surface area (Å²) in [5, 5.41) is 8.71. The maximum atomic E-state index is 4.75. The fraction of sp³-hybridized carbons (Fsp3) is 0.250. The van der Waals surface area contributed by atoms with Crippen LogP contribution < -0.4 is 5.32 Å². The second-order valence-corrected chi connectivity index (χ2v) is 6.76. The highest BCUT2D eigenvalue weighted by Gasteiger charge is 2.18. The number of pyridine rings is 2. The van der Waals surface area contributed by atoms with Gasteiger partial charge in [0, 0.05) is 37.7 Å². The Kier molecular flexibility index (Phi) is 4.94. The summed E-state index contributed by atoms with van der Waals surface area (Å²) in [5.41, 5.74) is 2.64. The standard InChI is InChI=1S/C20H22N8/c1-27(2)17(16-8-4-5-10-22-16)13-23-19-15-12-24-28(3)20(15)26-18(25-19)14-7-6-9-21-11-14/h4-12,17H,13H2,1-3H3,(H,23,25,26)/t17-/m0/s1. The number of hydrogen-bond acceptors (Lipinski definition) is 7. The first-order valence-corrected chi connectivity index (χ1v) is 9.05. The lowest BCUT2D eigenvalue weighted by Gasteiger charge is -2.24. The summed E-state index contributed by atoms with van der Waals surface area (Å²) in [6.45, 7) is 0.650. The van der Waals surface area contributed by atoms with Crippen LogP contribution in [0.5, 0.6) is 0 Å². The van der Waals surface area contributed by atoms with Crippen molar-refractivity contribution in [1.29, 1.82) is 0 Å². The van der Waals surface area contributed by atoms with E-state index in [2.05, 4.69) is 30.3 Å². The molecule has 0 unspecified atom stereocenters. The van der Waals surface area contributed by atoms with Crippen LogP contribution in [0.1, 0.15) is 11.7 Å². The average Bonchev–Trinajstić information content (AvgIpc) is 3.10. The molecule has 4 rings (SSSR count). The quantitative estimate of drug-likeness (QED) is 0.555. The molecule has 8 nitrogen and oxygen atoms in total. The molecule has 0 saturated heterocycles. The molecular weight excluding hydrogens is 352 g/mol. The topological polar surface area (TPSA) is 84.6 Å². The Balaban J connectivity index is 1.70. The number of nitrogens with zero attached hydrogens (tertiary/aromatic N) is 7. The number of anilines is 1. The Morgan fingerprint density at radius 3 is 2.68 bits per heavy atom. The molecule has 1 atom stereocenters. The summed E-state index contributed by atoms with van der Waals surface area (Å²) in [7, 11) is 5.96. The van der Waals surface area contributed by atoms with Crippen LogP contribution in [0.25, 0.3) is 22.4 Å². The molecule has 28 heavy (non-hydrogen) atoms. The highest BCUT2D eigenvalue weighted by Crippen LogP contribution is 2.25. The molecule has 4 heterocycles. The minimum absolute atomic E-state index is 0.102. The second-order valence-electron chi connectivity index (χ2n) is 6.76. The summed E-state index contributed by atoms with van der Waals surface area (Å²) in [5.74, 6) is 1.37. The molecule has 142 valence electrons. The van der Waals surface area contributed by atoms with Gasteiger partial charge in [0.2, 0.25) is 0 Å². The number of hydrogen-bond donors (Lipinski definition) is 1. The molecule has 0 bridgehead atoms. The van der Waals surface area contributed by atoms with E-state index in [1.54, 1.807) is 23.3 Å². The first-order chi connectivity index (χ1) is 13.6. The van der Waals surface area contributed by atoms with Gasteiger partial charge in [0.05, 0.1) is 23.3 Å². The van der Waals surface area contributed by atoms with E-state index >= 15 is 0 Å². The smallest absolute Gasteiger partial charge is 0.165 e. The molecule has 0 aromatic carbocycles. The average molecular weight is 374 g/mol. The van der Waals surface area contributed by atoms with Crippen LogP contribution in [-0.4, -0.2) is 55.3 Å². The van der Waals surface area contributed by atoms with Crippen molar-refractivity contribution in [2.45, 2.75) is 6.04 Å². The van der Waals surface area contributed by atoms with Crippen LogP contribution in [0.4, 0.5) is 5.82 Å². The summed E-state index contributed by atoms with van der Waals surface area (Å²) >= 11 is 0. The predicted octanol–water partition coefficient (Wildman–Crippen LogP) is 2.54. The maximum absolute atomic E-state index is 4.75. The van der Waals surface area contributed by atoms with Crippen LogP contribution in [0.15, 0.2) is 55.1 Å². The summed E-state index contributed by atoms with van der Waals surface area (Å²) in [4.78, 5) is 20.3. The third-order valence-corrected chi connectivity index (χ3v) is 4.63. The minimum Gasteiger partial charge on any atom is -0.367 e. The van der Waals surface area contributed by atoms with Crippen molar-refractivity contribution < 1.29 is 0 Å². The van der Waals surface area contributed by atoms with Crippen LogP contribution >= 0.6 is 0 Å². The number of likely N-dealkylation sites (N-methyl/N-ethyl adjacent to an activating group) is 1. The van der Waals surface area contributed by atoms with Gasteiger partial charge < -0.3 is 5.32 Å². The van der Waals surface area contributed by atoms with E-state index in [9.17, 15) is 0 Å². The van der Waals surface area contributed by atoms with Crippen molar-refractivity contribution in [3.05, 3.63) is 60.8 Å². The fourth-order valence-corrected chi connectivity index (χ4v) is 3.10. The number of rotatable bonds is 6. The summed E-state index contributed by atoms with van der Waals surface area (Å²) in [6, 6.07) is 9.89. The zero-order valence-electron chi connectivity index (χ0n) is 16.1. The van der Waals surface area contributed by atoms with Crippen molar-refractivity contribution >= 4 is 16.9 Å². The number of nitrogens with one attached hydrogen (secondary N) is 1. The Bertz CT molecular complexity index is 1060. The molecule has 0 aliphatic heterocycles. The zero-order valence-corrected chi connectivity index (χ0v) is 16.1. The van der Waals surface area contributed by atoms with E-state index in [1.165, 1.54) is 0 Å². The summed E-state index contributed by atoms with van der Waals surface area (Å²) in [6.07, 6.45) is 7.10. The van der Waals surface area contributed by atoms with Gasteiger partial charge in [-0.3, -0.25) is 19.5 Å². The molecule has 0 aliphatic rings. The predicted molar refractivity (Wildman–Crippen MR) is 109 cm³/mol. The molecule has 0 amide bonds. The first kappa shape index (κ1) is 18.0. The van der Waals surface area contributed by atoms with Crippen molar-refractivity contribution in [3.63, 3.8) is 0 Å². The molecule has 8 heteroatoms. The largest absolute Gasteiger partial charge is 0.367 e. The zero-order chi connectivity index (χ0) is 19.5. The highest BCUT2D eigenvalue weighted by molar-refractivity contribution is 5.88. The van der Waals surface area contributed by atoms with Gasteiger partial charge in [-0.1, -0.05) is 6.07 Å². The van der Waals surface area contributed by atoms with Crippen molar-refractivity contribution in [2.24, 2.45) is 7.05 Å². The molecule has 1 N–H and O–H groups in total. The van der Waals surface area contributed by atoms with Crippen molar-refractivity contribution in [3.8, 4) is 11.4 Å². The SMILES string of the molecule is CN(C)[C@@H](CNc1nc(-c2cccnc2)nc2c1cnn2C)c1ccccn1. The van der Waals surface area contributed by atoms with Gasteiger partial charge in [-0.25, -0.2) is 9.97 Å². The third-order valence-electron chi connectivity index (χ3n) is 4.63. The van der Waals surface area contributed by atoms with Gasteiger partial charge in [-0.05, 0) is 38.4 Å². The van der Waals surface area contributed by atoms with E-state index in [-0.39, 0.29) is 6.04 Å². The van der Waals surface area contributed by atoms with Gasteiger partial charge >= 0.3 is 0 Å². The Morgan fingerprint density at radius 1 is 1.07 bits per heavy atom. The van der Waals surface area contributed by atoms with Gasteiger partial charge in [0.25, 0.3) is 0 Å². The number of aryl methyl sites for hydroxylation is 1. The Morgan fingerprint density at radius 2 is 1.96 bits per heavy atom. The lowest BCUT2D eigenvalue weighted by molar-refractivity contribution is 0.306. The van der Waals surface area contributed by atoms with Gasteiger partial charge in [-0.15, -0.1) is 0 Å². The monoisotopic (exact) mass is 374 g/mol. The van der Waals surface area contributed by atoms with Crippen LogP contribution in [0, 0.1) is 0 Å². The van der Waals surface area contributed by atoms with E-state index in [1.807, 2.05) is 57.7 Å². The van der Waals surface area contributed by atoms with Crippen molar-refractivity contribution in [2.75, 3.05) is 26.0 Å². The van der Waals surface area contributed by atoms with Gasteiger partial charge in [0.15, 0.2) is 11.5 Å². The minimum atomic E-state index is 0.102. The van der Waals surface area contributed by atoms with E-state index in [0.29, 0.717) is 12.4 Å². The van der Waals surface area contributed by atoms with Crippen LogP contribution in [-0.2, 0) is 7.05 Å². The van der Waals surface area contributed by atoms with E-state index < -0.39 is 0 Å². The number of aromatic nitrogens is 6. The molecule has 0 saturated carbocycles. The Labute approximate surface area is 163 Å². The van der Waals surface area contributed by atoms with Gasteiger partial charge in [0.1, 0.15) is 5.82 Å². The normalized spacial score (nSPS) is 12.4. The molecule has 4 aromatic rings. The van der Waals surface area contributed by atoms with Crippen LogP contribution in [0.2, 0.25) is 0 Å². The lowest BCUT2D eigenvalue weighted by atomic mass is 10.1. The molecule has 4 aromatic heterocycles. The van der Waals surface area contributed by atoms with E-state index in [4.69, 9.17) is 4.98 Å². The lowest BCUT2D eigenvalue weighted by Crippen LogP contribution is -2.28. The molecule has 0 fully saturated rings. The Hall–Kier alpha value is -3.39. The summed E-state index contributed by atoms with van der Waals surface area (Å²) < 4.78 is 1.75. The maximum Gasteiger partial charge on any atom is 0.165 e. The highest BCUT2D eigenvalue weighted by atomic mass is 15.3. The van der Waals surface area contributed by atoms with E-state index in [0.717, 1.165) is 28.1 Å².